The van der Waals surface area contributed by atoms with E-state index in [0.717, 1.165) is 18.4 Å². The van der Waals surface area contributed by atoms with Crippen molar-refractivity contribution in [3.63, 3.8) is 0 Å². The normalized spacial score (nSPS) is 19.0. The lowest BCUT2D eigenvalue weighted by atomic mass is 10.0. The number of nitrogens with zero attached hydrogens (tertiary/aromatic N) is 1. The molecule has 1 heterocycles. The smallest absolute Gasteiger partial charge is 0.339 e. The Morgan fingerprint density at radius 1 is 1.33 bits per heavy atom. The summed E-state index contributed by atoms with van der Waals surface area (Å²) in [5.41, 5.74) is 0.930. The standard InChI is InChI=1S/C15H17ClF3NO/c16-13-6-2-1-4-11(13)10-12-5-3-9-20(12)14(21)7-8-15(17,18)19/h1-2,4,6,12H,3,5,7-10H2/t12-/m1/s1. The molecular formula is C15H17ClF3NO. The number of halogens is 4. The monoisotopic (exact) mass is 319 g/mol. The van der Waals surface area contributed by atoms with E-state index in [2.05, 4.69) is 0 Å². The fourth-order valence-electron chi connectivity index (χ4n) is 2.69. The largest absolute Gasteiger partial charge is 0.389 e. The summed E-state index contributed by atoms with van der Waals surface area (Å²) in [7, 11) is 0. The van der Waals surface area contributed by atoms with Crippen LogP contribution >= 0.6 is 11.6 Å². The van der Waals surface area contributed by atoms with Crippen molar-refractivity contribution in [2.45, 2.75) is 44.3 Å². The molecule has 2 nitrogen and oxygen atoms in total. The average molecular weight is 320 g/mol. The van der Waals surface area contributed by atoms with Gasteiger partial charge in [-0.05, 0) is 30.9 Å². The molecule has 0 aromatic heterocycles. The van der Waals surface area contributed by atoms with E-state index in [1.807, 2.05) is 18.2 Å². The van der Waals surface area contributed by atoms with Crippen LogP contribution in [0.25, 0.3) is 0 Å². The topological polar surface area (TPSA) is 20.3 Å². The number of benzene rings is 1. The molecule has 0 aliphatic carbocycles. The summed E-state index contributed by atoms with van der Waals surface area (Å²) in [5, 5.41) is 0.632. The molecule has 0 N–H and O–H groups in total. The number of alkyl halides is 3. The molecule has 1 aromatic rings. The molecular weight excluding hydrogens is 303 g/mol. The van der Waals surface area contributed by atoms with Gasteiger partial charge >= 0.3 is 6.18 Å². The van der Waals surface area contributed by atoms with Gasteiger partial charge in [-0.3, -0.25) is 4.79 Å². The maximum Gasteiger partial charge on any atom is 0.389 e. The minimum Gasteiger partial charge on any atom is -0.339 e. The fourth-order valence-corrected chi connectivity index (χ4v) is 2.90. The van der Waals surface area contributed by atoms with E-state index in [-0.39, 0.29) is 6.04 Å². The lowest BCUT2D eigenvalue weighted by Gasteiger charge is -2.25. The summed E-state index contributed by atoms with van der Waals surface area (Å²) < 4.78 is 36.6. The van der Waals surface area contributed by atoms with E-state index in [9.17, 15) is 18.0 Å². The van der Waals surface area contributed by atoms with E-state index in [1.54, 1.807) is 11.0 Å². The van der Waals surface area contributed by atoms with E-state index in [4.69, 9.17) is 11.6 Å². The minimum absolute atomic E-state index is 0.0503. The molecule has 1 amide bonds. The van der Waals surface area contributed by atoms with E-state index < -0.39 is 24.9 Å². The molecule has 6 heteroatoms. The van der Waals surface area contributed by atoms with Gasteiger partial charge in [-0.25, -0.2) is 0 Å². The molecule has 1 atom stereocenters. The molecule has 116 valence electrons. The summed E-state index contributed by atoms with van der Waals surface area (Å²) in [5.74, 6) is -0.415. The van der Waals surface area contributed by atoms with Gasteiger partial charge in [0.05, 0.1) is 6.42 Å². The van der Waals surface area contributed by atoms with Gasteiger partial charge in [-0.1, -0.05) is 29.8 Å². The van der Waals surface area contributed by atoms with E-state index in [1.165, 1.54) is 0 Å². The molecule has 2 rings (SSSR count). The average Bonchev–Trinajstić information content (AvgIpc) is 2.86. The van der Waals surface area contributed by atoms with Crippen LogP contribution in [-0.4, -0.2) is 29.6 Å². The van der Waals surface area contributed by atoms with Gasteiger partial charge in [0.2, 0.25) is 5.91 Å². The third kappa shape index (κ3) is 4.63. The third-order valence-electron chi connectivity index (χ3n) is 3.73. The van der Waals surface area contributed by atoms with Gasteiger partial charge in [0.15, 0.2) is 0 Å². The number of amides is 1. The first-order valence-electron chi connectivity index (χ1n) is 6.96. The molecule has 0 bridgehead atoms. The second kappa shape index (κ2) is 6.69. The van der Waals surface area contributed by atoms with Crippen molar-refractivity contribution in [3.8, 4) is 0 Å². The van der Waals surface area contributed by atoms with Crippen molar-refractivity contribution in [1.29, 1.82) is 0 Å². The van der Waals surface area contributed by atoms with Crippen LogP contribution in [-0.2, 0) is 11.2 Å². The van der Waals surface area contributed by atoms with E-state index >= 15 is 0 Å². The highest BCUT2D eigenvalue weighted by Crippen LogP contribution is 2.27. The zero-order valence-corrected chi connectivity index (χ0v) is 12.3. The van der Waals surface area contributed by atoms with Crippen molar-refractivity contribution in [2.75, 3.05) is 6.54 Å². The Morgan fingerprint density at radius 2 is 2.05 bits per heavy atom. The highest BCUT2D eigenvalue weighted by molar-refractivity contribution is 6.31. The first-order valence-corrected chi connectivity index (χ1v) is 7.34. The van der Waals surface area contributed by atoms with Gasteiger partial charge in [0, 0.05) is 24.0 Å². The third-order valence-corrected chi connectivity index (χ3v) is 4.10. The molecule has 1 saturated heterocycles. The summed E-state index contributed by atoms with van der Waals surface area (Å²) >= 11 is 6.10. The van der Waals surface area contributed by atoms with Crippen LogP contribution in [0, 0.1) is 0 Å². The number of carbonyl (C=O) groups is 1. The molecule has 0 radical (unpaired) electrons. The van der Waals surface area contributed by atoms with Crippen LogP contribution in [0.2, 0.25) is 5.02 Å². The van der Waals surface area contributed by atoms with Gasteiger partial charge < -0.3 is 4.90 Å². The number of hydrogen-bond acceptors (Lipinski definition) is 1. The second-order valence-corrected chi connectivity index (χ2v) is 5.70. The van der Waals surface area contributed by atoms with Crippen LogP contribution in [0.1, 0.15) is 31.2 Å². The quantitative estimate of drug-likeness (QED) is 0.814. The predicted molar refractivity (Wildman–Crippen MR) is 75.2 cm³/mol. The van der Waals surface area contributed by atoms with Crippen molar-refractivity contribution >= 4 is 17.5 Å². The van der Waals surface area contributed by atoms with Gasteiger partial charge in [0.25, 0.3) is 0 Å². The van der Waals surface area contributed by atoms with Crippen molar-refractivity contribution in [1.82, 2.24) is 4.90 Å². The predicted octanol–water partition coefficient (Wildman–Crippen LogP) is 4.22. The second-order valence-electron chi connectivity index (χ2n) is 5.29. The summed E-state index contributed by atoms with van der Waals surface area (Å²) in [6.45, 7) is 0.534. The maximum absolute atomic E-state index is 12.2. The molecule has 1 aromatic carbocycles. The van der Waals surface area contributed by atoms with Gasteiger partial charge in [0.1, 0.15) is 0 Å². The van der Waals surface area contributed by atoms with Crippen molar-refractivity contribution in [3.05, 3.63) is 34.9 Å². The van der Waals surface area contributed by atoms with Crippen molar-refractivity contribution < 1.29 is 18.0 Å². The lowest BCUT2D eigenvalue weighted by molar-refractivity contribution is -0.149. The van der Waals surface area contributed by atoms with Crippen LogP contribution in [0.3, 0.4) is 0 Å². The first kappa shape index (κ1) is 16.1. The Hall–Kier alpha value is -1.23. The minimum atomic E-state index is -4.28. The molecule has 0 unspecified atom stereocenters. The van der Waals surface area contributed by atoms with Gasteiger partial charge in [-0.15, -0.1) is 0 Å². The maximum atomic E-state index is 12.2. The first-order chi connectivity index (χ1) is 9.87. The van der Waals surface area contributed by atoms with E-state index in [0.29, 0.717) is 18.0 Å². The number of rotatable bonds is 4. The molecule has 1 aliphatic rings. The fraction of sp³-hybridized carbons (Fsp3) is 0.533. The zero-order valence-electron chi connectivity index (χ0n) is 11.5. The molecule has 0 spiro atoms. The highest BCUT2D eigenvalue weighted by Gasteiger charge is 2.33. The van der Waals surface area contributed by atoms with Crippen LogP contribution in [0.4, 0.5) is 13.2 Å². The van der Waals surface area contributed by atoms with Crippen LogP contribution in [0.15, 0.2) is 24.3 Å². The van der Waals surface area contributed by atoms with Gasteiger partial charge in [-0.2, -0.15) is 13.2 Å². The highest BCUT2D eigenvalue weighted by atomic mass is 35.5. The Kier molecular flexibility index (Phi) is 5.14. The van der Waals surface area contributed by atoms with Crippen LogP contribution in [0.5, 0.6) is 0 Å². The zero-order chi connectivity index (χ0) is 15.5. The molecule has 21 heavy (non-hydrogen) atoms. The Balaban J connectivity index is 1.97. The summed E-state index contributed by atoms with van der Waals surface area (Å²) in [6, 6.07) is 7.31. The summed E-state index contributed by atoms with van der Waals surface area (Å²) in [6.07, 6.45) is -3.58. The number of hydrogen-bond donors (Lipinski definition) is 0. The molecule has 1 fully saturated rings. The Morgan fingerprint density at radius 3 is 2.71 bits per heavy atom. The lowest BCUT2D eigenvalue weighted by Crippen LogP contribution is -2.37. The Bertz CT molecular complexity index is 504. The molecule has 1 aliphatic heterocycles. The summed E-state index contributed by atoms with van der Waals surface area (Å²) in [4.78, 5) is 13.5. The SMILES string of the molecule is O=C(CCC(F)(F)F)N1CCC[C@@H]1Cc1ccccc1Cl. The Labute approximate surface area is 126 Å². The number of likely N-dealkylation sites (tertiary alicyclic amines) is 1. The molecule has 0 saturated carbocycles. The van der Waals surface area contributed by atoms with Crippen LogP contribution < -0.4 is 0 Å². The van der Waals surface area contributed by atoms with Crippen molar-refractivity contribution in [2.24, 2.45) is 0 Å². The number of carbonyl (C=O) groups excluding carboxylic acids is 1.